The fourth-order valence-corrected chi connectivity index (χ4v) is 6.82. The van der Waals surface area contributed by atoms with Crippen molar-refractivity contribution in [1.29, 1.82) is 0 Å². The third-order valence-electron chi connectivity index (χ3n) is 9.41. The maximum Gasteiger partial charge on any atom is 0.318 e. The molecule has 3 aliphatic heterocycles. The number of nitrogens with zero attached hydrogens (tertiary/aromatic N) is 5. The molecule has 4 aliphatic rings. The van der Waals surface area contributed by atoms with Gasteiger partial charge in [-0.25, -0.2) is 0 Å². The van der Waals surface area contributed by atoms with Crippen molar-refractivity contribution in [2.24, 2.45) is 5.41 Å². The Balaban J connectivity index is 1.17. The Morgan fingerprint density at radius 3 is 2.58 bits per heavy atom. The maximum absolute atomic E-state index is 14.1. The van der Waals surface area contributed by atoms with Crippen molar-refractivity contribution in [2.75, 3.05) is 57.4 Å². The van der Waals surface area contributed by atoms with E-state index >= 15 is 0 Å². The van der Waals surface area contributed by atoms with Gasteiger partial charge in [0, 0.05) is 54.7 Å². The van der Waals surface area contributed by atoms with Crippen LogP contribution in [-0.4, -0.2) is 83.3 Å². The molecule has 2 saturated heterocycles. The Bertz CT molecular complexity index is 1570. The van der Waals surface area contributed by atoms with Crippen LogP contribution in [0.4, 0.5) is 5.82 Å². The van der Waals surface area contributed by atoms with E-state index in [0.717, 1.165) is 94.1 Å². The minimum atomic E-state index is -0.187. The van der Waals surface area contributed by atoms with Gasteiger partial charge in [-0.2, -0.15) is 9.97 Å². The van der Waals surface area contributed by atoms with Crippen molar-refractivity contribution in [3.8, 4) is 24.1 Å². The summed E-state index contributed by atoms with van der Waals surface area (Å²) >= 11 is 0. The van der Waals surface area contributed by atoms with Crippen LogP contribution in [0.1, 0.15) is 65.7 Å². The molecule has 2 aromatic carbocycles. The van der Waals surface area contributed by atoms with Gasteiger partial charge in [0.25, 0.3) is 5.91 Å². The van der Waals surface area contributed by atoms with Gasteiger partial charge in [-0.1, -0.05) is 30.9 Å². The topological polar surface area (TPSA) is 91.3 Å². The zero-order valence-electron chi connectivity index (χ0n) is 24.7. The van der Waals surface area contributed by atoms with E-state index in [2.05, 4.69) is 15.7 Å². The molecule has 9 heteroatoms. The molecule has 1 aromatic heterocycles. The van der Waals surface area contributed by atoms with Crippen LogP contribution in [0.15, 0.2) is 30.3 Å². The number of benzene rings is 2. The first-order valence-electron chi connectivity index (χ1n) is 15.6. The Kier molecular flexibility index (Phi) is 7.58. The SMILES string of the molecule is C#Cc1cccc2cc(O)cc(C(=O)N3Cc4nc(OCC5(CN6CCOCC6)CC5)nc(N5CCCCCC5)c4C3)c12. The highest BCUT2D eigenvalue weighted by atomic mass is 16.5. The number of aromatic nitrogens is 2. The number of anilines is 1. The van der Waals surface area contributed by atoms with Crippen molar-refractivity contribution in [3.05, 3.63) is 52.7 Å². The number of phenolic OH excluding ortho intramolecular Hbond substituents is 1. The predicted octanol–water partition coefficient (Wildman–Crippen LogP) is 4.34. The molecule has 1 saturated carbocycles. The first-order valence-corrected chi connectivity index (χ1v) is 15.6. The zero-order chi connectivity index (χ0) is 29.4. The fourth-order valence-electron chi connectivity index (χ4n) is 6.82. The average Bonchev–Trinajstić information content (AvgIpc) is 3.73. The van der Waals surface area contributed by atoms with Gasteiger partial charge in [-0.3, -0.25) is 9.69 Å². The Morgan fingerprint density at radius 2 is 1.84 bits per heavy atom. The van der Waals surface area contributed by atoms with E-state index in [1.807, 2.05) is 18.2 Å². The van der Waals surface area contributed by atoms with E-state index < -0.39 is 0 Å². The number of phenols is 1. The molecule has 1 aliphatic carbocycles. The summed E-state index contributed by atoms with van der Waals surface area (Å²) in [6.07, 6.45) is 12.8. The van der Waals surface area contributed by atoms with Gasteiger partial charge in [0.15, 0.2) is 0 Å². The third kappa shape index (κ3) is 5.74. The molecule has 224 valence electrons. The van der Waals surface area contributed by atoms with E-state index in [1.165, 1.54) is 18.9 Å². The van der Waals surface area contributed by atoms with Gasteiger partial charge in [-0.05, 0) is 49.3 Å². The molecule has 3 aromatic rings. The zero-order valence-corrected chi connectivity index (χ0v) is 24.7. The lowest BCUT2D eigenvalue weighted by molar-refractivity contribution is 0.0231. The number of ether oxygens (including phenoxy) is 2. The van der Waals surface area contributed by atoms with Gasteiger partial charge in [0.05, 0.1) is 44.2 Å². The standard InChI is InChI=1S/C34H39N5O4/c1-2-24-8-7-9-25-18-26(40)19-27(30(24)25)32(41)39-20-28-29(21-39)35-33(36-31(28)38-12-5-3-4-6-13-38)43-23-34(10-11-34)22-37-14-16-42-17-15-37/h1,7-9,18-19,40H,3-6,10-17,20-23H2. The summed E-state index contributed by atoms with van der Waals surface area (Å²) in [5.41, 5.74) is 2.99. The predicted molar refractivity (Wildman–Crippen MR) is 164 cm³/mol. The Hall–Kier alpha value is -3.87. The van der Waals surface area contributed by atoms with E-state index in [0.29, 0.717) is 42.2 Å². The van der Waals surface area contributed by atoms with Crippen LogP contribution in [0.3, 0.4) is 0 Å². The van der Waals surface area contributed by atoms with E-state index in [-0.39, 0.29) is 17.1 Å². The van der Waals surface area contributed by atoms with Gasteiger partial charge >= 0.3 is 6.01 Å². The molecule has 3 fully saturated rings. The Morgan fingerprint density at radius 1 is 1.05 bits per heavy atom. The number of terminal acetylenes is 1. The normalized spacial score (nSPS) is 20.0. The first kappa shape index (κ1) is 27.9. The fraction of sp³-hybridized carbons (Fsp3) is 0.500. The molecule has 1 N–H and O–H groups in total. The summed E-state index contributed by atoms with van der Waals surface area (Å²) in [6.45, 7) is 7.74. The molecule has 0 radical (unpaired) electrons. The summed E-state index contributed by atoms with van der Waals surface area (Å²) < 4.78 is 11.9. The minimum absolute atomic E-state index is 0.0357. The second-order valence-corrected chi connectivity index (χ2v) is 12.5. The summed E-state index contributed by atoms with van der Waals surface area (Å²) in [5.74, 6) is 3.45. The molecule has 0 spiro atoms. The lowest BCUT2D eigenvalue weighted by Gasteiger charge is -2.30. The van der Waals surface area contributed by atoms with Crippen LogP contribution in [-0.2, 0) is 17.8 Å². The number of amides is 1. The number of hydrogen-bond acceptors (Lipinski definition) is 8. The highest BCUT2D eigenvalue weighted by Crippen LogP contribution is 2.47. The molecule has 0 unspecified atom stereocenters. The molecule has 43 heavy (non-hydrogen) atoms. The van der Waals surface area contributed by atoms with Crippen molar-refractivity contribution >= 4 is 22.5 Å². The first-order chi connectivity index (χ1) is 21.0. The van der Waals surface area contributed by atoms with E-state index in [9.17, 15) is 9.90 Å². The second-order valence-electron chi connectivity index (χ2n) is 12.5. The Labute approximate surface area is 252 Å². The van der Waals surface area contributed by atoms with Crippen LogP contribution >= 0.6 is 0 Å². The molecule has 4 heterocycles. The lowest BCUT2D eigenvalue weighted by Crippen LogP contribution is -2.41. The number of carbonyl (C=O) groups excluding carboxylic acids is 1. The molecule has 1 amide bonds. The maximum atomic E-state index is 14.1. The van der Waals surface area contributed by atoms with Crippen molar-refractivity contribution in [1.82, 2.24) is 19.8 Å². The largest absolute Gasteiger partial charge is 0.508 e. The van der Waals surface area contributed by atoms with Gasteiger partial charge in [0.2, 0.25) is 0 Å². The number of aromatic hydroxyl groups is 1. The van der Waals surface area contributed by atoms with Crippen LogP contribution in [0, 0.1) is 17.8 Å². The van der Waals surface area contributed by atoms with Crippen LogP contribution in [0.2, 0.25) is 0 Å². The highest BCUT2D eigenvalue weighted by Gasteiger charge is 2.45. The molecule has 0 bridgehead atoms. The van der Waals surface area contributed by atoms with E-state index in [1.54, 1.807) is 11.0 Å². The lowest BCUT2D eigenvalue weighted by atomic mass is 9.98. The van der Waals surface area contributed by atoms with Crippen LogP contribution in [0.25, 0.3) is 10.8 Å². The second kappa shape index (κ2) is 11.7. The quantitative estimate of drug-likeness (QED) is 0.412. The van der Waals surface area contributed by atoms with Crippen LogP contribution < -0.4 is 9.64 Å². The van der Waals surface area contributed by atoms with Gasteiger partial charge < -0.3 is 24.4 Å². The van der Waals surface area contributed by atoms with Gasteiger partial charge in [0.1, 0.15) is 11.6 Å². The molecular weight excluding hydrogens is 542 g/mol. The molecule has 0 atom stereocenters. The van der Waals surface area contributed by atoms with Crippen molar-refractivity contribution in [2.45, 2.75) is 51.6 Å². The third-order valence-corrected chi connectivity index (χ3v) is 9.41. The van der Waals surface area contributed by atoms with Gasteiger partial charge in [-0.15, -0.1) is 6.42 Å². The smallest absolute Gasteiger partial charge is 0.318 e. The summed E-state index contributed by atoms with van der Waals surface area (Å²) in [4.78, 5) is 30.6. The number of morpholine rings is 1. The molecular formula is C34H39N5O4. The summed E-state index contributed by atoms with van der Waals surface area (Å²) in [7, 11) is 0. The summed E-state index contributed by atoms with van der Waals surface area (Å²) in [6, 6.07) is 9.10. The summed E-state index contributed by atoms with van der Waals surface area (Å²) in [5, 5.41) is 11.9. The number of hydrogen-bond donors (Lipinski definition) is 1. The molecule has 7 rings (SSSR count). The minimum Gasteiger partial charge on any atom is -0.508 e. The molecule has 9 nitrogen and oxygen atoms in total. The number of carbonyl (C=O) groups is 1. The monoisotopic (exact) mass is 581 g/mol. The number of rotatable bonds is 7. The average molecular weight is 582 g/mol. The highest BCUT2D eigenvalue weighted by molar-refractivity contribution is 6.09. The van der Waals surface area contributed by atoms with Crippen LogP contribution in [0.5, 0.6) is 11.8 Å². The van der Waals surface area contributed by atoms with Crippen molar-refractivity contribution in [3.63, 3.8) is 0 Å². The number of fused-ring (bicyclic) bond motifs is 2. The van der Waals surface area contributed by atoms with Crippen molar-refractivity contribution < 1.29 is 19.4 Å². The van der Waals surface area contributed by atoms with E-state index in [4.69, 9.17) is 25.9 Å².